The van der Waals surface area contributed by atoms with Crippen molar-refractivity contribution in [2.45, 2.75) is 46.0 Å². The molecule has 1 fully saturated rings. The second kappa shape index (κ2) is 8.95. The van der Waals surface area contributed by atoms with Crippen molar-refractivity contribution in [2.75, 3.05) is 33.4 Å². The second-order valence-corrected chi connectivity index (χ2v) is 8.70. The molecule has 1 unspecified atom stereocenters. The fourth-order valence-corrected chi connectivity index (χ4v) is 3.69. The molecule has 1 atom stereocenters. The number of hydrogen-bond acceptors (Lipinski definition) is 4. The SMILES string of the molecule is COCC1(C(=O)O)CCCN(C(=O)C(C)(C)c2ccc(OCC(C)C)cc2)C1. The lowest BCUT2D eigenvalue weighted by Gasteiger charge is -2.42. The van der Waals surface area contributed by atoms with Gasteiger partial charge in [-0.15, -0.1) is 0 Å². The van der Waals surface area contributed by atoms with Gasteiger partial charge in [-0.25, -0.2) is 0 Å². The highest BCUT2D eigenvalue weighted by Crippen LogP contribution is 2.34. The topological polar surface area (TPSA) is 76.1 Å². The van der Waals surface area contributed by atoms with Crippen LogP contribution in [0.5, 0.6) is 5.75 Å². The van der Waals surface area contributed by atoms with E-state index in [2.05, 4.69) is 13.8 Å². The van der Waals surface area contributed by atoms with Gasteiger partial charge in [-0.05, 0) is 50.3 Å². The van der Waals surface area contributed by atoms with Gasteiger partial charge in [0.2, 0.25) is 5.91 Å². The molecule has 6 heteroatoms. The van der Waals surface area contributed by atoms with Gasteiger partial charge >= 0.3 is 5.97 Å². The largest absolute Gasteiger partial charge is 0.493 e. The third-order valence-corrected chi connectivity index (χ3v) is 5.43. The summed E-state index contributed by atoms with van der Waals surface area (Å²) in [5.74, 6) is 0.253. The van der Waals surface area contributed by atoms with E-state index in [-0.39, 0.29) is 19.1 Å². The van der Waals surface area contributed by atoms with E-state index in [0.29, 0.717) is 31.9 Å². The summed E-state index contributed by atoms with van der Waals surface area (Å²) >= 11 is 0. The quantitative estimate of drug-likeness (QED) is 0.736. The summed E-state index contributed by atoms with van der Waals surface area (Å²) in [4.78, 5) is 26.8. The predicted molar refractivity (Wildman–Crippen MR) is 108 cm³/mol. The molecule has 1 amide bonds. The first-order valence-corrected chi connectivity index (χ1v) is 9.87. The van der Waals surface area contributed by atoms with Crippen LogP contribution in [0.1, 0.15) is 46.1 Å². The molecule has 28 heavy (non-hydrogen) atoms. The first-order chi connectivity index (χ1) is 13.1. The summed E-state index contributed by atoms with van der Waals surface area (Å²) in [5.41, 5.74) is -0.911. The molecule has 0 aromatic heterocycles. The van der Waals surface area contributed by atoms with Crippen molar-refractivity contribution >= 4 is 11.9 Å². The van der Waals surface area contributed by atoms with Crippen LogP contribution in [0, 0.1) is 11.3 Å². The third-order valence-electron chi connectivity index (χ3n) is 5.43. The second-order valence-electron chi connectivity index (χ2n) is 8.70. The summed E-state index contributed by atoms with van der Waals surface area (Å²) in [7, 11) is 1.50. The summed E-state index contributed by atoms with van der Waals surface area (Å²) in [6, 6.07) is 7.60. The third kappa shape index (κ3) is 4.85. The maximum atomic E-state index is 13.3. The molecule has 1 aliphatic heterocycles. The van der Waals surface area contributed by atoms with Crippen molar-refractivity contribution in [3.63, 3.8) is 0 Å². The van der Waals surface area contributed by atoms with E-state index in [1.165, 1.54) is 7.11 Å². The molecular weight excluding hydrogens is 358 g/mol. The van der Waals surface area contributed by atoms with E-state index in [0.717, 1.165) is 11.3 Å². The number of ether oxygens (including phenoxy) is 2. The molecule has 1 aliphatic rings. The molecule has 1 aromatic carbocycles. The van der Waals surface area contributed by atoms with Gasteiger partial charge in [-0.2, -0.15) is 0 Å². The molecule has 0 radical (unpaired) electrons. The summed E-state index contributed by atoms with van der Waals surface area (Å²) in [6.07, 6.45) is 1.17. The highest BCUT2D eigenvalue weighted by atomic mass is 16.5. The lowest BCUT2D eigenvalue weighted by Crippen LogP contribution is -2.55. The van der Waals surface area contributed by atoms with Gasteiger partial charge in [0.15, 0.2) is 0 Å². The normalized spacial score (nSPS) is 20.3. The van der Waals surface area contributed by atoms with E-state index in [1.54, 1.807) is 4.90 Å². The van der Waals surface area contributed by atoms with Gasteiger partial charge in [0.1, 0.15) is 11.2 Å². The Hall–Kier alpha value is -2.08. The van der Waals surface area contributed by atoms with Crippen LogP contribution in [0.25, 0.3) is 0 Å². The van der Waals surface area contributed by atoms with Gasteiger partial charge in [-0.3, -0.25) is 9.59 Å². The minimum atomic E-state index is -1.03. The van der Waals surface area contributed by atoms with Crippen LogP contribution in [0.4, 0.5) is 0 Å². The molecular formula is C22H33NO5. The van der Waals surface area contributed by atoms with E-state index < -0.39 is 16.8 Å². The Morgan fingerprint density at radius 2 is 1.89 bits per heavy atom. The lowest BCUT2D eigenvalue weighted by atomic mass is 9.78. The zero-order valence-corrected chi connectivity index (χ0v) is 17.7. The van der Waals surface area contributed by atoms with E-state index in [9.17, 15) is 14.7 Å². The first-order valence-electron chi connectivity index (χ1n) is 9.87. The maximum Gasteiger partial charge on any atom is 0.313 e. The van der Waals surface area contributed by atoms with Crippen molar-refractivity contribution in [1.82, 2.24) is 4.90 Å². The summed E-state index contributed by atoms with van der Waals surface area (Å²) in [5, 5.41) is 9.73. The number of benzene rings is 1. The van der Waals surface area contributed by atoms with Crippen LogP contribution in [0.15, 0.2) is 24.3 Å². The van der Waals surface area contributed by atoms with E-state index in [1.807, 2.05) is 38.1 Å². The van der Waals surface area contributed by atoms with Crippen molar-refractivity contribution < 1.29 is 24.2 Å². The van der Waals surface area contributed by atoms with E-state index in [4.69, 9.17) is 9.47 Å². The average Bonchev–Trinajstić information content (AvgIpc) is 2.66. The first kappa shape index (κ1) is 22.2. The Labute approximate surface area is 167 Å². The molecule has 1 heterocycles. The van der Waals surface area contributed by atoms with Crippen LogP contribution in [-0.4, -0.2) is 55.3 Å². The van der Waals surface area contributed by atoms with Crippen molar-refractivity contribution in [1.29, 1.82) is 0 Å². The van der Waals surface area contributed by atoms with Crippen LogP contribution in [-0.2, 0) is 19.7 Å². The molecule has 2 rings (SSSR count). The number of aliphatic carboxylic acids is 1. The Morgan fingerprint density at radius 3 is 2.43 bits per heavy atom. The van der Waals surface area contributed by atoms with Crippen molar-refractivity contribution in [3.05, 3.63) is 29.8 Å². The zero-order chi connectivity index (χ0) is 20.9. The maximum absolute atomic E-state index is 13.3. The molecule has 0 bridgehead atoms. The zero-order valence-electron chi connectivity index (χ0n) is 17.7. The number of carboxylic acid groups (broad SMARTS) is 1. The minimum absolute atomic E-state index is 0.0650. The minimum Gasteiger partial charge on any atom is -0.493 e. The highest BCUT2D eigenvalue weighted by Gasteiger charge is 2.46. The number of carboxylic acids is 1. The molecule has 1 N–H and O–H groups in total. The molecule has 0 spiro atoms. The number of hydrogen-bond donors (Lipinski definition) is 1. The summed E-state index contributed by atoms with van der Waals surface area (Å²) in [6.45, 7) is 9.44. The van der Waals surface area contributed by atoms with Gasteiger partial charge in [0.05, 0.1) is 18.6 Å². The number of rotatable bonds is 8. The molecule has 0 aliphatic carbocycles. The standard InChI is InChI=1S/C22H33NO5/c1-16(2)13-28-18-9-7-17(8-10-18)21(3,4)19(24)23-12-6-11-22(14-23,15-27-5)20(25)26/h7-10,16H,6,11-15H2,1-5H3,(H,25,26). The number of carbonyl (C=O) groups is 2. The Bertz CT molecular complexity index is 679. The van der Waals surface area contributed by atoms with Crippen LogP contribution in [0.2, 0.25) is 0 Å². The fourth-order valence-electron chi connectivity index (χ4n) is 3.69. The number of amides is 1. The fraction of sp³-hybridized carbons (Fsp3) is 0.636. The van der Waals surface area contributed by atoms with Gasteiger partial charge in [0, 0.05) is 20.2 Å². The van der Waals surface area contributed by atoms with Gasteiger partial charge < -0.3 is 19.5 Å². The number of nitrogens with zero attached hydrogens (tertiary/aromatic N) is 1. The predicted octanol–water partition coefficient (Wildman–Crippen LogP) is 3.34. The summed E-state index contributed by atoms with van der Waals surface area (Å²) < 4.78 is 10.9. The molecule has 1 saturated heterocycles. The highest BCUT2D eigenvalue weighted by molar-refractivity contribution is 5.88. The molecule has 156 valence electrons. The van der Waals surface area contributed by atoms with Crippen molar-refractivity contribution in [2.24, 2.45) is 11.3 Å². The Morgan fingerprint density at radius 1 is 1.25 bits per heavy atom. The Balaban J connectivity index is 2.16. The number of piperidine rings is 1. The monoisotopic (exact) mass is 391 g/mol. The smallest absolute Gasteiger partial charge is 0.313 e. The molecule has 0 saturated carbocycles. The van der Waals surface area contributed by atoms with Crippen LogP contribution in [0.3, 0.4) is 0 Å². The molecule has 6 nitrogen and oxygen atoms in total. The number of carbonyl (C=O) groups excluding carboxylic acids is 1. The van der Waals surface area contributed by atoms with Crippen LogP contribution < -0.4 is 4.74 Å². The number of methoxy groups -OCH3 is 1. The average molecular weight is 392 g/mol. The van der Waals surface area contributed by atoms with Crippen molar-refractivity contribution in [3.8, 4) is 5.75 Å². The van der Waals surface area contributed by atoms with Crippen LogP contribution >= 0.6 is 0 Å². The molecule has 1 aromatic rings. The lowest BCUT2D eigenvalue weighted by molar-refractivity contribution is -0.160. The van der Waals surface area contributed by atoms with E-state index >= 15 is 0 Å². The Kier molecular flexibility index (Phi) is 7.10. The van der Waals surface area contributed by atoms with Gasteiger partial charge in [0.25, 0.3) is 0 Å². The van der Waals surface area contributed by atoms with Gasteiger partial charge in [-0.1, -0.05) is 26.0 Å². The number of likely N-dealkylation sites (tertiary alicyclic amines) is 1.